The average Bonchev–Trinajstić information content (AvgIpc) is 2.96. The van der Waals surface area contributed by atoms with Crippen molar-refractivity contribution >= 4 is 62.3 Å². The highest BCUT2D eigenvalue weighted by Crippen LogP contribution is 2.32. The molecule has 12 heteroatoms. The lowest BCUT2D eigenvalue weighted by Crippen LogP contribution is -2.53. The number of carbonyl (C=O) groups excluding carboxylic acids is 2. The molecule has 0 saturated carbocycles. The van der Waals surface area contributed by atoms with Crippen LogP contribution in [0.2, 0.25) is 15.1 Å². The van der Waals surface area contributed by atoms with E-state index in [9.17, 15) is 18.0 Å². The van der Waals surface area contributed by atoms with E-state index in [4.69, 9.17) is 39.5 Å². The van der Waals surface area contributed by atoms with Crippen molar-refractivity contribution in [1.82, 2.24) is 10.2 Å². The van der Waals surface area contributed by atoms with Gasteiger partial charge in [-0.2, -0.15) is 0 Å². The third-order valence-electron chi connectivity index (χ3n) is 6.78. The van der Waals surface area contributed by atoms with Crippen LogP contribution in [0.5, 0.6) is 5.75 Å². The predicted molar refractivity (Wildman–Crippen MR) is 168 cm³/mol. The number of amides is 2. The molecule has 1 N–H and O–H groups in total. The molecule has 2 atom stereocenters. The first-order chi connectivity index (χ1) is 19.9. The summed E-state index contributed by atoms with van der Waals surface area (Å²) in [7, 11) is -2.80. The lowest BCUT2D eigenvalue weighted by Gasteiger charge is -2.34. The van der Waals surface area contributed by atoms with Gasteiger partial charge in [0.2, 0.25) is 11.8 Å². The van der Waals surface area contributed by atoms with E-state index in [0.29, 0.717) is 27.8 Å². The molecule has 0 aliphatic rings. The van der Waals surface area contributed by atoms with E-state index in [1.54, 1.807) is 43.3 Å². The Morgan fingerprint density at radius 3 is 2.19 bits per heavy atom. The van der Waals surface area contributed by atoms with Crippen molar-refractivity contribution in [3.8, 4) is 5.75 Å². The van der Waals surface area contributed by atoms with Gasteiger partial charge in [0.15, 0.2) is 0 Å². The Morgan fingerprint density at radius 2 is 1.62 bits per heavy atom. The van der Waals surface area contributed by atoms with Gasteiger partial charge in [0.05, 0.1) is 22.7 Å². The topological polar surface area (TPSA) is 96.0 Å². The molecule has 0 aliphatic carbocycles. The molecule has 8 nitrogen and oxygen atoms in total. The minimum absolute atomic E-state index is 0.0152. The summed E-state index contributed by atoms with van der Waals surface area (Å²) >= 11 is 18.9. The third kappa shape index (κ3) is 8.10. The number of hydrogen-bond donors (Lipinski definition) is 1. The number of anilines is 1. The second-order valence-electron chi connectivity index (χ2n) is 9.64. The fourth-order valence-corrected chi connectivity index (χ4v) is 6.40. The van der Waals surface area contributed by atoms with Gasteiger partial charge in [-0.25, -0.2) is 8.42 Å². The molecule has 226 valence electrons. The lowest BCUT2D eigenvalue weighted by atomic mass is 10.1. The van der Waals surface area contributed by atoms with E-state index >= 15 is 0 Å². The van der Waals surface area contributed by atoms with Crippen LogP contribution in [0.1, 0.15) is 39.2 Å². The summed E-state index contributed by atoms with van der Waals surface area (Å²) < 4.78 is 34.1. The van der Waals surface area contributed by atoms with Gasteiger partial charge in [0, 0.05) is 22.6 Å². The number of hydrogen-bond acceptors (Lipinski definition) is 5. The summed E-state index contributed by atoms with van der Waals surface area (Å²) in [5.41, 5.74) is 0.703. The Hall–Kier alpha value is -2.98. The molecular weight excluding hydrogens is 621 g/mol. The minimum Gasteiger partial charge on any atom is -0.495 e. The van der Waals surface area contributed by atoms with E-state index in [0.717, 1.165) is 4.31 Å². The fraction of sp³-hybridized carbons (Fsp3) is 0.333. The Bertz CT molecular complexity index is 1510. The van der Waals surface area contributed by atoms with Crippen molar-refractivity contribution in [2.45, 2.75) is 57.1 Å². The lowest BCUT2D eigenvalue weighted by molar-refractivity contribution is -0.140. The first-order valence-corrected chi connectivity index (χ1v) is 15.9. The maximum Gasteiger partial charge on any atom is 0.264 e. The molecule has 0 fully saturated rings. The van der Waals surface area contributed by atoms with Crippen molar-refractivity contribution in [3.63, 3.8) is 0 Å². The monoisotopic (exact) mass is 653 g/mol. The van der Waals surface area contributed by atoms with E-state index in [1.165, 1.54) is 42.3 Å². The number of benzene rings is 3. The fourth-order valence-electron chi connectivity index (χ4n) is 4.25. The maximum atomic E-state index is 14.2. The highest BCUT2D eigenvalue weighted by atomic mass is 35.5. The quantitative estimate of drug-likeness (QED) is 0.225. The summed E-state index contributed by atoms with van der Waals surface area (Å²) in [6, 6.07) is 16.0. The number of ether oxygens (including phenoxy) is 1. The molecule has 42 heavy (non-hydrogen) atoms. The molecule has 0 spiro atoms. The standard InChI is InChI=1S/C30H34Cl3N3O5S/c1-5-20(3)34-30(38)27(6-2)35(18-21-12-13-22(31)16-25(21)32)29(37)19-36(23-14-15-28(41-4)26(33)17-23)42(39,40)24-10-8-7-9-11-24/h7-17,20,27H,5-6,18-19H2,1-4H3,(H,34,38)/t20-,27-/m0/s1. The number of rotatable bonds is 13. The number of nitrogens with one attached hydrogen (secondary N) is 1. The molecule has 0 unspecified atom stereocenters. The van der Waals surface area contributed by atoms with Crippen molar-refractivity contribution in [2.24, 2.45) is 0 Å². The van der Waals surface area contributed by atoms with Crippen LogP contribution < -0.4 is 14.4 Å². The highest BCUT2D eigenvalue weighted by Gasteiger charge is 2.34. The molecule has 0 bridgehead atoms. The summed E-state index contributed by atoms with van der Waals surface area (Å²) in [4.78, 5) is 28.9. The van der Waals surface area contributed by atoms with Gasteiger partial charge < -0.3 is 15.0 Å². The van der Waals surface area contributed by atoms with Crippen LogP contribution in [0, 0.1) is 0 Å². The maximum absolute atomic E-state index is 14.2. The summed E-state index contributed by atoms with van der Waals surface area (Å²) in [6.07, 6.45) is 0.972. The molecule has 0 heterocycles. The van der Waals surface area contributed by atoms with Gasteiger partial charge in [-0.3, -0.25) is 13.9 Å². The van der Waals surface area contributed by atoms with Crippen molar-refractivity contribution in [1.29, 1.82) is 0 Å². The largest absolute Gasteiger partial charge is 0.495 e. The van der Waals surface area contributed by atoms with Crippen LogP contribution in [-0.4, -0.2) is 50.9 Å². The van der Waals surface area contributed by atoms with E-state index < -0.39 is 28.5 Å². The summed E-state index contributed by atoms with van der Waals surface area (Å²) in [5, 5.41) is 3.83. The SMILES string of the molecule is CC[C@H](C)NC(=O)[C@H](CC)N(Cc1ccc(Cl)cc1Cl)C(=O)CN(c1ccc(OC)c(Cl)c1)S(=O)(=O)c1ccccc1. The first-order valence-electron chi connectivity index (χ1n) is 13.4. The zero-order valence-electron chi connectivity index (χ0n) is 23.8. The van der Waals surface area contributed by atoms with Gasteiger partial charge in [-0.15, -0.1) is 0 Å². The summed E-state index contributed by atoms with van der Waals surface area (Å²) in [5.74, 6) is -0.621. The molecule has 0 radical (unpaired) electrons. The van der Waals surface area contributed by atoms with Gasteiger partial charge in [0.25, 0.3) is 10.0 Å². The second kappa shape index (κ2) is 15.0. The van der Waals surface area contributed by atoms with Crippen LogP contribution >= 0.6 is 34.8 Å². The second-order valence-corrected chi connectivity index (χ2v) is 12.8. The van der Waals surface area contributed by atoms with Gasteiger partial charge in [-0.05, 0) is 67.8 Å². The zero-order valence-corrected chi connectivity index (χ0v) is 26.9. The van der Waals surface area contributed by atoms with Crippen LogP contribution in [0.3, 0.4) is 0 Å². The van der Waals surface area contributed by atoms with Gasteiger partial charge >= 0.3 is 0 Å². The molecule has 0 aliphatic heterocycles. The Balaban J connectivity index is 2.11. The van der Waals surface area contributed by atoms with E-state index in [1.807, 2.05) is 13.8 Å². The number of halogens is 3. The van der Waals surface area contributed by atoms with E-state index in [2.05, 4.69) is 5.32 Å². The minimum atomic E-state index is -4.24. The third-order valence-corrected chi connectivity index (χ3v) is 9.45. The zero-order chi connectivity index (χ0) is 31.0. The number of methoxy groups -OCH3 is 1. The molecule has 3 aromatic rings. The molecule has 2 amide bonds. The van der Waals surface area contributed by atoms with Gasteiger partial charge in [0.1, 0.15) is 18.3 Å². The Kier molecular flexibility index (Phi) is 11.9. The molecule has 3 aromatic carbocycles. The predicted octanol–water partition coefficient (Wildman–Crippen LogP) is 6.57. The van der Waals surface area contributed by atoms with Crippen molar-refractivity contribution in [2.75, 3.05) is 18.0 Å². The molecule has 3 rings (SSSR count). The molecule has 0 saturated heterocycles. The smallest absolute Gasteiger partial charge is 0.264 e. The van der Waals surface area contributed by atoms with Gasteiger partial charge in [-0.1, -0.05) is 72.9 Å². The van der Waals surface area contributed by atoms with Crippen molar-refractivity contribution < 1.29 is 22.7 Å². The van der Waals surface area contributed by atoms with Crippen LogP contribution in [0.25, 0.3) is 0 Å². The van der Waals surface area contributed by atoms with Crippen LogP contribution in [-0.2, 0) is 26.2 Å². The molecular formula is C30H34Cl3N3O5S. The van der Waals surface area contributed by atoms with Crippen LogP contribution in [0.15, 0.2) is 71.6 Å². The number of carbonyl (C=O) groups is 2. The average molecular weight is 655 g/mol. The first kappa shape index (κ1) is 33.5. The summed E-state index contributed by atoms with van der Waals surface area (Å²) in [6.45, 7) is 4.93. The van der Waals surface area contributed by atoms with Crippen LogP contribution in [0.4, 0.5) is 5.69 Å². The highest BCUT2D eigenvalue weighted by molar-refractivity contribution is 7.92. The Morgan fingerprint density at radius 1 is 0.929 bits per heavy atom. The van der Waals surface area contributed by atoms with E-state index in [-0.39, 0.29) is 40.5 Å². The number of nitrogens with zero attached hydrogens (tertiary/aromatic N) is 2. The van der Waals surface area contributed by atoms with Crippen molar-refractivity contribution in [3.05, 3.63) is 87.4 Å². The Labute approximate surface area is 262 Å². The molecule has 0 aromatic heterocycles. The number of sulfonamides is 1. The normalized spacial score (nSPS) is 12.7.